The van der Waals surface area contributed by atoms with Crippen molar-refractivity contribution in [3.8, 4) is 5.75 Å². The lowest BCUT2D eigenvalue weighted by molar-refractivity contribution is 0.413. The summed E-state index contributed by atoms with van der Waals surface area (Å²) in [6.07, 6.45) is 0. The van der Waals surface area contributed by atoms with E-state index in [0.717, 1.165) is 12.3 Å². The van der Waals surface area contributed by atoms with Crippen molar-refractivity contribution in [3.63, 3.8) is 0 Å². The number of hydrogen-bond donors (Lipinski definition) is 1. The van der Waals surface area contributed by atoms with Crippen molar-refractivity contribution in [2.75, 3.05) is 25.1 Å². The lowest BCUT2D eigenvalue weighted by atomic mass is 10.0. The Bertz CT molecular complexity index is 528. The number of para-hydroxylation sites is 1. The van der Waals surface area contributed by atoms with E-state index in [1.807, 2.05) is 18.2 Å². The van der Waals surface area contributed by atoms with Gasteiger partial charge in [-0.1, -0.05) is 30.3 Å². The van der Waals surface area contributed by atoms with Crippen LogP contribution in [-0.2, 0) is 0 Å². The Morgan fingerprint density at radius 3 is 2.45 bits per heavy atom. The maximum atomic E-state index is 6.03. The Morgan fingerprint density at radius 2 is 1.85 bits per heavy atom. The van der Waals surface area contributed by atoms with E-state index in [2.05, 4.69) is 48.2 Å². The van der Waals surface area contributed by atoms with E-state index in [0.29, 0.717) is 6.54 Å². The maximum absolute atomic E-state index is 6.03. The third kappa shape index (κ3) is 3.11. The molecule has 2 aromatic carbocycles. The SMILES string of the molecule is CCN(c1ccccc1)C(CN)c1cccc(OC)c1. The normalized spacial score (nSPS) is 11.9. The van der Waals surface area contributed by atoms with Crippen LogP contribution in [0.1, 0.15) is 18.5 Å². The highest BCUT2D eigenvalue weighted by Gasteiger charge is 2.18. The molecule has 0 saturated heterocycles. The molecule has 0 aromatic heterocycles. The molecule has 2 rings (SSSR count). The first-order valence-corrected chi connectivity index (χ1v) is 6.95. The van der Waals surface area contributed by atoms with Crippen molar-refractivity contribution in [1.82, 2.24) is 0 Å². The molecule has 2 N–H and O–H groups in total. The summed E-state index contributed by atoms with van der Waals surface area (Å²) in [4.78, 5) is 2.31. The summed E-state index contributed by atoms with van der Waals surface area (Å²) < 4.78 is 5.31. The number of anilines is 1. The number of methoxy groups -OCH3 is 1. The molecule has 0 aliphatic rings. The van der Waals surface area contributed by atoms with Crippen LogP contribution in [-0.4, -0.2) is 20.2 Å². The molecule has 0 amide bonds. The minimum atomic E-state index is 0.150. The van der Waals surface area contributed by atoms with Crippen molar-refractivity contribution in [3.05, 3.63) is 60.2 Å². The van der Waals surface area contributed by atoms with Gasteiger partial charge in [0.2, 0.25) is 0 Å². The molecule has 0 heterocycles. The first-order chi connectivity index (χ1) is 9.80. The number of rotatable bonds is 6. The van der Waals surface area contributed by atoms with Gasteiger partial charge < -0.3 is 15.4 Å². The van der Waals surface area contributed by atoms with Gasteiger partial charge >= 0.3 is 0 Å². The van der Waals surface area contributed by atoms with Crippen LogP contribution in [0.15, 0.2) is 54.6 Å². The number of likely N-dealkylation sites (N-methyl/N-ethyl adjacent to an activating group) is 1. The van der Waals surface area contributed by atoms with Gasteiger partial charge in [0.15, 0.2) is 0 Å². The minimum Gasteiger partial charge on any atom is -0.497 e. The number of benzene rings is 2. The standard InChI is InChI=1S/C17H22N2O/c1-3-19(15-9-5-4-6-10-15)17(13-18)14-8-7-11-16(12-14)20-2/h4-12,17H,3,13,18H2,1-2H3. The molecule has 0 radical (unpaired) electrons. The van der Waals surface area contributed by atoms with Crippen LogP contribution in [0.4, 0.5) is 5.69 Å². The quantitative estimate of drug-likeness (QED) is 0.876. The summed E-state index contributed by atoms with van der Waals surface area (Å²) in [7, 11) is 1.69. The Balaban J connectivity index is 2.34. The van der Waals surface area contributed by atoms with Crippen molar-refractivity contribution in [2.24, 2.45) is 5.73 Å². The Labute approximate surface area is 121 Å². The molecule has 106 valence electrons. The molecule has 2 aromatic rings. The summed E-state index contributed by atoms with van der Waals surface area (Å²) in [5.74, 6) is 0.866. The fourth-order valence-corrected chi connectivity index (χ4v) is 2.49. The number of hydrogen-bond acceptors (Lipinski definition) is 3. The smallest absolute Gasteiger partial charge is 0.119 e. The Hall–Kier alpha value is -2.00. The van der Waals surface area contributed by atoms with Crippen molar-refractivity contribution >= 4 is 5.69 Å². The second-order valence-electron chi connectivity index (χ2n) is 4.65. The molecule has 0 spiro atoms. The van der Waals surface area contributed by atoms with E-state index in [1.165, 1.54) is 11.3 Å². The predicted molar refractivity (Wildman–Crippen MR) is 84.3 cm³/mol. The van der Waals surface area contributed by atoms with Crippen molar-refractivity contribution < 1.29 is 4.74 Å². The van der Waals surface area contributed by atoms with E-state index >= 15 is 0 Å². The van der Waals surface area contributed by atoms with Crippen LogP contribution in [0, 0.1) is 0 Å². The molecule has 1 unspecified atom stereocenters. The molecule has 0 bridgehead atoms. The van der Waals surface area contributed by atoms with Crippen molar-refractivity contribution in [1.29, 1.82) is 0 Å². The lowest BCUT2D eigenvalue weighted by Gasteiger charge is -2.32. The maximum Gasteiger partial charge on any atom is 0.119 e. The summed E-state index contributed by atoms with van der Waals surface area (Å²) in [6, 6.07) is 18.6. The molecule has 1 atom stereocenters. The number of ether oxygens (including phenoxy) is 1. The van der Waals surface area contributed by atoms with E-state index < -0.39 is 0 Å². The lowest BCUT2D eigenvalue weighted by Crippen LogP contribution is -2.33. The third-order valence-electron chi connectivity index (χ3n) is 3.51. The van der Waals surface area contributed by atoms with Gasteiger partial charge in [-0.15, -0.1) is 0 Å². The summed E-state index contributed by atoms with van der Waals surface area (Å²) in [5, 5.41) is 0. The van der Waals surface area contributed by atoms with Crippen LogP contribution >= 0.6 is 0 Å². The van der Waals surface area contributed by atoms with Gasteiger partial charge in [0.05, 0.1) is 13.2 Å². The van der Waals surface area contributed by atoms with Crippen LogP contribution in [0.2, 0.25) is 0 Å². The van der Waals surface area contributed by atoms with E-state index in [4.69, 9.17) is 10.5 Å². The monoisotopic (exact) mass is 270 g/mol. The fraction of sp³-hybridized carbons (Fsp3) is 0.294. The highest BCUT2D eigenvalue weighted by molar-refractivity contribution is 5.49. The molecule has 3 heteroatoms. The molecule has 0 aliphatic carbocycles. The highest BCUT2D eigenvalue weighted by Crippen LogP contribution is 2.28. The van der Waals surface area contributed by atoms with E-state index in [9.17, 15) is 0 Å². The zero-order valence-electron chi connectivity index (χ0n) is 12.1. The van der Waals surface area contributed by atoms with Gasteiger partial charge in [-0.3, -0.25) is 0 Å². The van der Waals surface area contributed by atoms with Crippen molar-refractivity contribution in [2.45, 2.75) is 13.0 Å². The van der Waals surface area contributed by atoms with Gasteiger partial charge in [-0.2, -0.15) is 0 Å². The van der Waals surface area contributed by atoms with Crippen LogP contribution in [0.25, 0.3) is 0 Å². The Morgan fingerprint density at radius 1 is 1.10 bits per heavy atom. The zero-order valence-corrected chi connectivity index (χ0v) is 12.1. The van der Waals surface area contributed by atoms with Crippen LogP contribution < -0.4 is 15.4 Å². The number of nitrogens with two attached hydrogens (primary N) is 1. The highest BCUT2D eigenvalue weighted by atomic mass is 16.5. The average molecular weight is 270 g/mol. The second-order valence-corrected chi connectivity index (χ2v) is 4.65. The third-order valence-corrected chi connectivity index (χ3v) is 3.51. The van der Waals surface area contributed by atoms with Gasteiger partial charge in [-0.25, -0.2) is 0 Å². The minimum absolute atomic E-state index is 0.150. The largest absolute Gasteiger partial charge is 0.497 e. The average Bonchev–Trinajstić information content (AvgIpc) is 2.53. The van der Waals surface area contributed by atoms with Crippen LogP contribution in [0.3, 0.4) is 0 Å². The molecule has 0 fully saturated rings. The summed E-state index contributed by atoms with van der Waals surface area (Å²) in [5.41, 5.74) is 8.39. The van der Waals surface area contributed by atoms with Gasteiger partial charge in [-0.05, 0) is 36.8 Å². The molecular formula is C17H22N2O. The van der Waals surface area contributed by atoms with Gasteiger partial charge in [0.1, 0.15) is 5.75 Å². The summed E-state index contributed by atoms with van der Waals surface area (Å²) >= 11 is 0. The van der Waals surface area contributed by atoms with Gasteiger partial charge in [0, 0.05) is 18.8 Å². The fourth-order valence-electron chi connectivity index (χ4n) is 2.49. The van der Waals surface area contributed by atoms with E-state index in [-0.39, 0.29) is 6.04 Å². The van der Waals surface area contributed by atoms with Crippen LogP contribution in [0.5, 0.6) is 5.75 Å². The number of nitrogens with zero attached hydrogens (tertiary/aromatic N) is 1. The predicted octanol–water partition coefficient (Wildman–Crippen LogP) is 3.22. The summed E-state index contributed by atoms with van der Waals surface area (Å²) in [6.45, 7) is 3.62. The van der Waals surface area contributed by atoms with Gasteiger partial charge in [0.25, 0.3) is 0 Å². The second kappa shape index (κ2) is 6.96. The molecule has 0 aliphatic heterocycles. The molecule has 0 saturated carbocycles. The molecular weight excluding hydrogens is 248 g/mol. The zero-order chi connectivity index (χ0) is 14.4. The Kier molecular flexibility index (Phi) is 5.02. The first kappa shape index (κ1) is 14.4. The van der Waals surface area contributed by atoms with E-state index in [1.54, 1.807) is 7.11 Å². The first-order valence-electron chi connectivity index (χ1n) is 6.95. The topological polar surface area (TPSA) is 38.5 Å². The molecule has 3 nitrogen and oxygen atoms in total. The molecule has 20 heavy (non-hydrogen) atoms.